The molecule has 1 heterocycles. The molecule has 140 valence electrons. The molecular weight excluding hydrogens is 346 g/mol. The number of rotatable bonds is 6. The van der Waals surface area contributed by atoms with E-state index in [1.165, 1.54) is 11.6 Å². The SMILES string of the molecule is CC(C)c1ccc(/C=C/C(=O)OCC(=O)Nc2ccc3c(c2)OCO3)cc1. The van der Waals surface area contributed by atoms with Crippen LogP contribution in [0.2, 0.25) is 0 Å². The van der Waals surface area contributed by atoms with E-state index in [0.29, 0.717) is 23.1 Å². The van der Waals surface area contributed by atoms with Gasteiger partial charge >= 0.3 is 5.97 Å². The number of nitrogens with one attached hydrogen (secondary N) is 1. The number of benzene rings is 2. The van der Waals surface area contributed by atoms with Gasteiger partial charge in [-0.05, 0) is 35.3 Å². The van der Waals surface area contributed by atoms with Crippen LogP contribution in [0.5, 0.6) is 11.5 Å². The Kier molecular flexibility index (Phi) is 5.76. The number of fused-ring (bicyclic) bond motifs is 1. The number of anilines is 1. The van der Waals surface area contributed by atoms with E-state index in [-0.39, 0.29) is 13.4 Å². The third-order valence-corrected chi connectivity index (χ3v) is 4.02. The fourth-order valence-electron chi connectivity index (χ4n) is 2.51. The van der Waals surface area contributed by atoms with Crippen LogP contribution in [0.3, 0.4) is 0 Å². The number of esters is 1. The van der Waals surface area contributed by atoms with Gasteiger partial charge in [-0.3, -0.25) is 4.79 Å². The highest BCUT2D eigenvalue weighted by atomic mass is 16.7. The van der Waals surface area contributed by atoms with E-state index >= 15 is 0 Å². The second kappa shape index (κ2) is 8.40. The van der Waals surface area contributed by atoms with Crippen molar-refractivity contribution in [1.29, 1.82) is 0 Å². The molecule has 0 bridgehead atoms. The summed E-state index contributed by atoms with van der Waals surface area (Å²) in [7, 11) is 0. The van der Waals surface area contributed by atoms with E-state index < -0.39 is 11.9 Å². The highest BCUT2D eigenvalue weighted by Crippen LogP contribution is 2.34. The number of carbonyl (C=O) groups is 2. The van der Waals surface area contributed by atoms with Crippen molar-refractivity contribution in [2.45, 2.75) is 19.8 Å². The maximum atomic E-state index is 11.9. The topological polar surface area (TPSA) is 73.9 Å². The summed E-state index contributed by atoms with van der Waals surface area (Å²) >= 11 is 0. The summed E-state index contributed by atoms with van der Waals surface area (Å²) in [4.78, 5) is 23.7. The van der Waals surface area contributed by atoms with Crippen LogP contribution in [0.15, 0.2) is 48.5 Å². The molecule has 1 aliphatic heterocycles. The molecular formula is C21H21NO5. The smallest absolute Gasteiger partial charge is 0.331 e. The molecule has 0 saturated carbocycles. The Morgan fingerprint density at radius 3 is 2.59 bits per heavy atom. The third-order valence-electron chi connectivity index (χ3n) is 4.02. The van der Waals surface area contributed by atoms with Crippen LogP contribution >= 0.6 is 0 Å². The molecule has 2 aromatic carbocycles. The molecule has 1 N–H and O–H groups in total. The predicted octanol–water partition coefficient (Wildman–Crippen LogP) is 3.73. The van der Waals surface area contributed by atoms with Crippen LogP contribution < -0.4 is 14.8 Å². The van der Waals surface area contributed by atoms with Gasteiger partial charge in [0.15, 0.2) is 18.1 Å². The zero-order chi connectivity index (χ0) is 19.2. The molecule has 0 aliphatic carbocycles. The number of hydrogen-bond donors (Lipinski definition) is 1. The molecule has 27 heavy (non-hydrogen) atoms. The molecule has 0 saturated heterocycles. The number of carbonyl (C=O) groups excluding carboxylic acids is 2. The van der Waals surface area contributed by atoms with Crippen molar-refractivity contribution in [2.24, 2.45) is 0 Å². The molecule has 6 heteroatoms. The highest BCUT2D eigenvalue weighted by Gasteiger charge is 2.14. The van der Waals surface area contributed by atoms with Gasteiger partial charge in [0.1, 0.15) is 0 Å². The van der Waals surface area contributed by atoms with Gasteiger partial charge in [-0.2, -0.15) is 0 Å². The van der Waals surface area contributed by atoms with Crippen molar-refractivity contribution < 1.29 is 23.8 Å². The molecule has 2 aromatic rings. The summed E-state index contributed by atoms with van der Waals surface area (Å²) in [6.45, 7) is 4.04. The van der Waals surface area contributed by atoms with Gasteiger partial charge in [0.05, 0.1) is 0 Å². The van der Waals surface area contributed by atoms with Gasteiger partial charge < -0.3 is 19.5 Å². The monoisotopic (exact) mass is 367 g/mol. The Balaban J connectivity index is 1.46. The minimum absolute atomic E-state index is 0.164. The van der Waals surface area contributed by atoms with Crippen molar-refractivity contribution in [3.05, 3.63) is 59.7 Å². The van der Waals surface area contributed by atoms with Gasteiger partial charge in [-0.15, -0.1) is 0 Å². The Labute approximate surface area is 157 Å². The lowest BCUT2D eigenvalue weighted by atomic mass is 10.0. The van der Waals surface area contributed by atoms with Crippen LogP contribution in [0.25, 0.3) is 6.08 Å². The van der Waals surface area contributed by atoms with Gasteiger partial charge in [0.25, 0.3) is 5.91 Å². The van der Waals surface area contributed by atoms with E-state index in [9.17, 15) is 9.59 Å². The summed E-state index contributed by atoms with van der Waals surface area (Å²) in [5, 5.41) is 2.64. The number of amides is 1. The van der Waals surface area contributed by atoms with Crippen molar-refractivity contribution in [3.8, 4) is 11.5 Å². The van der Waals surface area contributed by atoms with Crippen LogP contribution in [0.4, 0.5) is 5.69 Å². The average Bonchev–Trinajstić information content (AvgIpc) is 3.13. The predicted molar refractivity (Wildman–Crippen MR) is 102 cm³/mol. The molecule has 0 atom stereocenters. The maximum absolute atomic E-state index is 11.9. The van der Waals surface area contributed by atoms with Gasteiger partial charge in [-0.1, -0.05) is 38.1 Å². The van der Waals surface area contributed by atoms with Crippen molar-refractivity contribution >= 4 is 23.6 Å². The van der Waals surface area contributed by atoms with Crippen molar-refractivity contribution in [3.63, 3.8) is 0 Å². The lowest BCUT2D eigenvalue weighted by Crippen LogP contribution is -2.20. The summed E-state index contributed by atoms with van der Waals surface area (Å²) in [5.74, 6) is 0.638. The second-order valence-corrected chi connectivity index (χ2v) is 6.38. The first-order chi connectivity index (χ1) is 13.0. The minimum Gasteiger partial charge on any atom is -0.454 e. The molecule has 0 spiro atoms. The molecule has 0 unspecified atom stereocenters. The summed E-state index contributed by atoms with van der Waals surface area (Å²) in [5.41, 5.74) is 2.66. The van der Waals surface area contributed by atoms with Gasteiger partial charge in [0, 0.05) is 17.8 Å². The number of hydrogen-bond acceptors (Lipinski definition) is 5. The van der Waals surface area contributed by atoms with Crippen LogP contribution in [-0.4, -0.2) is 25.3 Å². The van der Waals surface area contributed by atoms with E-state index in [0.717, 1.165) is 5.56 Å². The Morgan fingerprint density at radius 1 is 1.11 bits per heavy atom. The summed E-state index contributed by atoms with van der Waals surface area (Å²) in [6, 6.07) is 13.0. The van der Waals surface area contributed by atoms with Gasteiger partial charge in [0.2, 0.25) is 6.79 Å². The summed E-state index contributed by atoms with van der Waals surface area (Å²) < 4.78 is 15.4. The van der Waals surface area contributed by atoms with E-state index in [1.54, 1.807) is 24.3 Å². The van der Waals surface area contributed by atoms with E-state index in [1.807, 2.05) is 24.3 Å². The van der Waals surface area contributed by atoms with Crippen molar-refractivity contribution in [2.75, 3.05) is 18.7 Å². The summed E-state index contributed by atoms with van der Waals surface area (Å²) in [6.07, 6.45) is 2.96. The molecule has 0 fully saturated rings. The van der Waals surface area contributed by atoms with E-state index in [4.69, 9.17) is 14.2 Å². The Hall–Kier alpha value is -3.28. The highest BCUT2D eigenvalue weighted by molar-refractivity contribution is 5.94. The van der Waals surface area contributed by atoms with Crippen LogP contribution in [0.1, 0.15) is 30.9 Å². The fourth-order valence-corrected chi connectivity index (χ4v) is 2.51. The molecule has 6 nitrogen and oxygen atoms in total. The van der Waals surface area contributed by atoms with Crippen LogP contribution in [-0.2, 0) is 14.3 Å². The first kappa shape index (κ1) is 18.5. The molecule has 0 radical (unpaired) electrons. The second-order valence-electron chi connectivity index (χ2n) is 6.38. The molecule has 0 aromatic heterocycles. The Morgan fingerprint density at radius 2 is 1.85 bits per heavy atom. The molecule has 1 amide bonds. The van der Waals surface area contributed by atoms with E-state index in [2.05, 4.69) is 19.2 Å². The van der Waals surface area contributed by atoms with Gasteiger partial charge in [-0.25, -0.2) is 4.79 Å². The van der Waals surface area contributed by atoms with Crippen molar-refractivity contribution in [1.82, 2.24) is 0 Å². The zero-order valence-corrected chi connectivity index (χ0v) is 15.2. The molecule has 3 rings (SSSR count). The average molecular weight is 367 g/mol. The quantitative estimate of drug-likeness (QED) is 0.622. The largest absolute Gasteiger partial charge is 0.454 e. The minimum atomic E-state index is -0.580. The Bertz CT molecular complexity index is 855. The maximum Gasteiger partial charge on any atom is 0.331 e. The standard InChI is InChI=1S/C21H21NO5/c1-14(2)16-6-3-15(4-7-16)5-10-21(24)25-12-20(23)22-17-8-9-18-19(11-17)27-13-26-18/h3-11,14H,12-13H2,1-2H3,(H,22,23)/b10-5+. The normalized spacial score (nSPS) is 12.4. The molecule has 1 aliphatic rings. The third kappa shape index (κ3) is 5.10. The number of ether oxygens (including phenoxy) is 3. The fraction of sp³-hybridized carbons (Fsp3) is 0.238. The lowest BCUT2D eigenvalue weighted by molar-refractivity contribution is -0.142. The zero-order valence-electron chi connectivity index (χ0n) is 15.2. The first-order valence-corrected chi connectivity index (χ1v) is 8.65. The lowest BCUT2D eigenvalue weighted by Gasteiger charge is -2.06. The van der Waals surface area contributed by atoms with Crippen LogP contribution in [0, 0.1) is 0 Å². The first-order valence-electron chi connectivity index (χ1n) is 8.65.